The molecule has 3 rings (SSSR count). The lowest BCUT2D eigenvalue weighted by molar-refractivity contribution is 0.0178. The topological polar surface area (TPSA) is 53.6 Å². The Balaban J connectivity index is 1.65. The van der Waals surface area contributed by atoms with Gasteiger partial charge in [0.2, 0.25) is 0 Å². The molecule has 0 atom stereocenters. The molecule has 1 spiro atoms. The maximum absolute atomic E-state index is 12.2. The minimum Gasteiger partial charge on any atom is -0.444 e. The van der Waals surface area contributed by atoms with Crippen LogP contribution in [0.3, 0.4) is 0 Å². The molecule has 1 saturated heterocycles. The first-order valence-corrected chi connectivity index (χ1v) is 8.42. The molecule has 1 aromatic carbocycles. The number of nitrogens with one attached hydrogen (secondary N) is 2. The zero-order chi connectivity index (χ0) is 16.5. The number of piperidine rings is 1. The van der Waals surface area contributed by atoms with Crippen LogP contribution < -0.4 is 10.6 Å². The van der Waals surface area contributed by atoms with Crippen molar-refractivity contribution < 1.29 is 9.53 Å². The quantitative estimate of drug-likeness (QED) is 0.772. The minimum absolute atomic E-state index is 0.0190. The van der Waals surface area contributed by atoms with Crippen molar-refractivity contribution in [1.82, 2.24) is 10.2 Å². The van der Waals surface area contributed by atoms with Gasteiger partial charge < -0.3 is 20.3 Å². The highest BCUT2D eigenvalue weighted by molar-refractivity contribution is 5.68. The monoisotopic (exact) mass is 317 g/mol. The van der Waals surface area contributed by atoms with E-state index in [1.54, 1.807) is 0 Å². The fraction of sp³-hybridized carbons (Fsp3) is 0.611. The summed E-state index contributed by atoms with van der Waals surface area (Å²) in [5.41, 5.74) is 2.10. The normalized spacial score (nSPS) is 20.4. The van der Waals surface area contributed by atoms with Gasteiger partial charge in [0, 0.05) is 31.9 Å². The van der Waals surface area contributed by atoms with Crippen molar-refractivity contribution in [1.29, 1.82) is 0 Å². The standard InChI is InChI=1S/C18H27N3O2/c1-17(2,3)23-16(22)21-10-8-18(9-11-21)13-19-12-14-6-4-5-7-15(14)20-18/h4-7,19-20H,8-13H2,1-3H3. The number of nitrogens with zero attached hydrogens (tertiary/aromatic N) is 1. The van der Waals surface area contributed by atoms with Crippen LogP contribution in [-0.4, -0.2) is 41.8 Å². The van der Waals surface area contributed by atoms with Crippen LogP contribution in [0, 0.1) is 0 Å². The number of amides is 1. The van der Waals surface area contributed by atoms with Crippen LogP contribution in [0.1, 0.15) is 39.2 Å². The van der Waals surface area contributed by atoms with Crippen LogP contribution in [0.5, 0.6) is 0 Å². The molecule has 2 heterocycles. The number of benzene rings is 1. The van der Waals surface area contributed by atoms with Gasteiger partial charge in [-0.05, 0) is 45.2 Å². The summed E-state index contributed by atoms with van der Waals surface area (Å²) >= 11 is 0. The van der Waals surface area contributed by atoms with E-state index in [1.807, 2.05) is 25.7 Å². The largest absolute Gasteiger partial charge is 0.444 e. The van der Waals surface area contributed by atoms with Gasteiger partial charge in [0.05, 0.1) is 5.54 Å². The van der Waals surface area contributed by atoms with Crippen LogP contribution in [0.15, 0.2) is 24.3 Å². The Morgan fingerprint density at radius 2 is 1.91 bits per heavy atom. The van der Waals surface area contributed by atoms with Crippen LogP contribution in [0.4, 0.5) is 10.5 Å². The summed E-state index contributed by atoms with van der Waals surface area (Å²) < 4.78 is 5.48. The third kappa shape index (κ3) is 3.78. The molecule has 0 aromatic heterocycles. The average molecular weight is 317 g/mol. The van der Waals surface area contributed by atoms with Gasteiger partial charge in [0.1, 0.15) is 5.60 Å². The number of carbonyl (C=O) groups is 1. The molecule has 0 saturated carbocycles. The van der Waals surface area contributed by atoms with Crippen molar-refractivity contribution in [2.75, 3.05) is 25.0 Å². The number of hydrogen-bond acceptors (Lipinski definition) is 4. The highest BCUT2D eigenvalue weighted by atomic mass is 16.6. The zero-order valence-electron chi connectivity index (χ0n) is 14.3. The minimum atomic E-state index is -0.437. The molecule has 5 heteroatoms. The van der Waals surface area contributed by atoms with Crippen LogP contribution >= 0.6 is 0 Å². The summed E-state index contributed by atoms with van der Waals surface area (Å²) in [4.78, 5) is 14.0. The summed E-state index contributed by atoms with van der Waals surface area (Å²) in [6.07, 6.45) is 1.65. The molecule has 0 bridgehead atoms. The van der Waals surface area contributed by atoms with E-state index in [4.69, 9.17) is 4.74 Å². The molecule has 5 nitrogen and oxygen atoms in total. The van der Waals surface area contributed by atoms with E-state index >= 15 is 0 Å². The molecule has 2 aliphatic heterocycles. The van der Waals surface area contributed by atoms with Crippen molar-refractivity contribution in [2.24, 2.45) is 0 Å². The number of fused-ring (bicyclic) bond motifs is 1. The Labute approximate surface area is 138 Å². The third-order valence-corrected chi connectivity index (χ3v) is 4.57. The van der Waals surface area contributed by atoms with E-state index in [-0.39, 0.29) is 11.6 Å². The fourth-order valence-electron chi connectivity index (χ4n) is 3.31. The van der Waals surface area contributed by atoms with Crippen molar-refractivity contribution in [3.63, 3.8) is 0 Å². The molecule has 0 unspecified atom stereocenters. The fourth-order valence-corrected chi connectivity index (χ4v) is 3.31. The van der Waals surface area contributed by atoms with Gasteiger partial charge in [-0.3, -0.25) is 0 Å². The van der Waals surface area contributed by atoms with Gasteiger partial charge in [-0.1, -0.05) is 18.2 Å². The number of rotatable bonds is 0. The number of carbonyl (C=O) groups excluding carboxylic acids is 1. The lowest BCUT2D eigenvalue weighted by Gasteiger charge is -2.42. The number of anilines is 1. The van der Waals surface area contributed by atoms with Gasteiger partial charge in [-0.2, -0.15) is 0 Å². The lowest BCUT2D eigenvalue weighted by Crippen LogP contribution is -2.55. The molecule has 126 valence electrons. The summed E-state index contributed by atoms with van der Waals surface area (Å²) in [6, 6.07) is 8.44. The number of ether oxygens (including phenoxy) is 1. The highest BCUT2D eigenvalue weighted by Gasteiger charge is 2.38. The maximum Gasteiger partial charge on any atom is 0.410 e. The number of para-hydroxylation sites is 1. The second-order valence-electron chi connectivity index (χ2n) is 7.63. The molecule has 1 aromatic rings. The van der Waals surface area contributed by atoms with Gasteiger partial charge in [0.25, 0.3) is 0 Å². The van der Waals surface area contributed by atoms with Crippen molar-refractivity contribution >= 4 is 11.8 Å². The van der Waals surface area contributed by atoms with Crippen molar-refractivity contribution in [3.05, 3.63) is 29.8 Å². The molecular weight excluding hydrogens is 290 g/mol. The molecule has 2 N–H and O–H groups in total. The van der Waals surface area contributed by atoms with E-state index in [0.717, 1.165) is 39.0 Å². The Morgan fingerprint density at radius 1 is 1.22 bits per heavy atom. The Kier molecular flexibility index (Phi) is 4.23. The molecule has 0 radical (unpaired) electrons. The summed E-state index contributed by atoms with van der Waals surface area (Å²) in [7, 11) is 0. The van der Waals surface area contributed by atoms with Gasteiger partial charge in [0.15, 0.2) is 0 Å². The number of likely N-dealkylation sites (tertiary alicyclic amines) is 1. The van der Waals surface area contributed by atoms with Gasteiger partial charge in [-0.25, -0.2) is 4.79 Å². The summed E-state index contributed by atoms with van der Waals surface area (Å²) in [5.74, 6) is 0. The number of hydrogen-bond donors (Lipinski definition) is 2. The Bertz CT molecular complexity index is 572. The van der Waals surface area contributed by atoms with E-state index in [0.29, 0.717) is 0 Å². The zero-order valence-corrected chi connectivity index (χ0v) is 14.3. The SMILES string of the molecule is CC(C)(C)OC(=O)N1CCC2(CC1)CNCc1ccccc1N2. The first kappa shape index (κ1) is 16.1. The van der Waals surface area contributed by atoms with Crippen LogP contribution in [-0.2, 0) is 11.3 Å². The average Bonchev–Trinajstić information content (AvgIpc) is 2.65. The summed E-state index contributed by atoms with van der Waals surface area (Å²) in [5, 5.41) is 7.29. The highest BCUT2D eigenvalue weighted by Crippen LogP contribution is 2.31. The molecule has 1 fully saturated rings. The predicted molar refractivity (Wildman–Crippen MR) is 91.5 cm³/mol. The van der Waals surface area contributed by atoms with Crippen molar-refractivity contribution in [2.45, 2.75) is 51.3 Å². The first-order chi connectivity index (χ1) is 10.9. The summed E-state index contributed by atoms with van der Waals surface area (Å²) in [6.45, 7) is 8.99. The van der Waals surface area contributed by atoms with Crippen LogP contribution in [0.2, 0.25) is 0 Å². The predicted octanol–water partition coefficient (Wildman–Crippen LogP) is 2.97. The van der Waals surface area contributed by atoms with E-state index < -0.39 is 5.60 Å². The third-order valence-electron chi connectivity index (χ3n) is 4.57. The Hall–Kier alpha value is -1.75. The second kappa shape index (κ2) is 6.04. The maximum atomic E-state index is 12.2. The molecular formula is C18H27N3O2. The van der Waals surface area contributed by atoms with Gasteiger partial charge in [-0.15, -0.1) is 0 Å². The molecule has 0 aliphatic carbocycles. The molecule has 23 heavy (non-hydrogen) atoms. The van der Waals surface area contributed by atoms with E-state index in [2.05, 4.69) is 34.9 Å². The van der Waals surface area contributed by atoms with Gasteiger partial charge >= 0.3 is 6.09 Å². The first-order valence-electron chi connectivity index (χ1n) is 8.42. The van der Waals surface area contributed by atoms with E-state index in [9.17, 15) is 4.79 Å². The second-order valence-corrected chi connectivity index (χ2v) is 7.63. The molecule has 2 aliphatic rings. The molecule has 1 amide bonds. The van der Waals surface area contributed by atoms with Crippen LogP contribution in [0.25, 0.3) is 0 Å². The van der Waals surface area contributed by atoms with Crippen molar-refractivity contribution in [3.8, 4) is 0 Å². The lowest BCUT2D eigenvalue weighted by atomic mass is 9.87. The van der Waals surface area contributed by atoms with E-state index in [1.165, 1.54) is 11.3 Å². The smallest absolute Gasteiger partial charge is 0.410 e. The Morgan fingerprint density at radius 3 is 2.61 bits per heavy atom.